The van der Waals surface area contributed by atoms with Gasteiger partial charge < -0.3 is 20.3 Å². The SMILES string of the molecule is CN(C)C(CN=C(N)N1CCOCC1)c1cnn(C)c1.I. The molecule has 1 unspecified atom stereocenters. The van der Waals surface area contributed by atoms with E-state index in [0.29, 0.717) is 12.5 Å². The highest BCUT2D eigenvalue weighted by Gasteiger charge is 2.17. The van der Waals surface area contributed by atoms with E-state index in [9.17, 15) is 0 Å². The molecule has 0 saturated carbocycles. The smallest absolute Gasteiger partial charge is 0.191 e. The lowest BCUT2D eigenvalue weighted by Gasteiger charge is -2.28. The van der Waals surface area contributed by atoms with Gasteiger partial charge in [0.15, 0.2) is 5.96 Å². The first-order valence-electron chi connectivity index (χ1n) is 6.85. The Hall–Kier alpha value is -0.870. The molecule has 1 saturated heterocycles. The van der Waals surface area contributed by atoms with Crippen molar-refractivity contribution in [1.29, 1.82) is 0 Å². The Balaban J connectivity index is 0.00000220. The Morgan fingerprint density at radius 2 is 2.14 bits per heavy atom. The largest absolute Gasteiger partial charge is 0.378 e. The number of nitrogens with two attached hydrogens (primary N) is 1. The number of hydrogen-bond donors (Lipinski definition) is 1. The quantitative estimate of drug-likeness (QED) is 0.441. The zero-order valence-electron chi connectivity index (χ0n) is 12.9. The first kappa shape index (κ1) is 18.2. The fraction of sp³-hybridized carbons (Fsp3) is 0.692. The molecular weight excluding hydrogens is 383 g/mol. The molecule has 0 amide bonds. The Labute approximate surface area is 143 Å². The zero-order valence-corrected chi connectivity index (χ0v) is 15.2. The minimum absolute atomic E-state index is 0. The molecule has 1 aromatic heterocycles. The van der Waals surface area contributed by atoms with Gasteiger partial charge in [-0.3, -0.25) is 9.67 Å². The van der Waals surface area contributed by atoms with E-state index < -0.39 is 0 Å². The monoisotopic (exact) mass is 408 g/mol. The summed E-state index contributed by atoms with van der Waals surface area (Å²) >= 11 is 0. The minimum atomic E-state index is 0. The van der Waals surface area contributed by atoms with Gasteiger partial charge in [0.2, 0.25) is 0 Å². The minimum Gasteiger partial charge on any atom is -0.378 e. The molecule has 8 heteroatoms. The standard InChI is InChI=1S/C13H24N6O.HI/c1-17(2)12(11-8-16-18(3)10-11)9-15-13(14)19-4-6-20-7-5-19;/h8,10,12H,4-7,9H2,1-3H3,(H2,14,15);1H. The molecular formula is C13H25IN6O. The number of aromatic nitrogens is 2. The Kier molecular flexibility index (Phi) is 7.40. The van der Waals surface area contributed by atoms with Crippen LogP contribution in [0.25, 0.3) is 0 Å². The molecule has 2 N–H and O–H groups in total. The van der Waals surface area contributed by atoms with Crippen molar-refractivity contribution in [2.75, 3.05) is 46.9 Å². The molecule has 0 spiro atoms. The van der Waals surface area contributed by atoms with Crippen LogP contribution in [0.5, 0.6) is 0 Å². The second-order valence-corrected chi connectivity index (χ2v) is 5.23. The number of likely N-dealkylation sites (N-methyl/N-ethyl adjacent to an activating group) is 1. The van der Waals surface area contributed by atoms with E-state index in [2.05, 4.69) is 19.9 Å². The van der Waals surface area contributed by atoms with E-state index in [1.54, 1.807) is 4.68 Å². The lowest BCUT2D eigenvalue weighted by molar-refractivity contribution is 0.0673. The van der Waals surface area contributed by atoms with E-state index in [-0.39, 0.29) is 30.0 Å². The highest BCUT2D eigenvalue weighted by molar-refractivity contribution is 14.0. The van der Waals surface area contributed by atoms with Crippen molar-refractivity contribution >= 4 is 29.9 Å². The van der Waals surface area contributed by atoms with E-state index in [0.717, 1.165) is 31.9 Å². The number of ether oxygens (including phenoxy) is 1. The molecule has 0 aliphatic carbocycles. The molecule has 7 nitrogen and oxygen atoms in total. The second kappa shape index (κ2) is 8.54. The fourth-order valence-corrected chi connectivity index (χ4v) is 2.25. The Morgan fingerprint density at radius 3 is 2.67 bits per heavy atom. The highest BCUT2D eigenvalue weighted by atomic mass is 127. The average molecular weight is 408 g/mol. The van der Waals surface area contributed by atoms with Gasteiger partial charge in [-0.15, -0.1) is 24.0 Å². The van der Waals surface area contributed by atoms with Crippen LogP contribution in [-0.2, 0) is 11.8 Å². The molecule has 2 heterocycles. The molecule has 0 aromatic carbocycles. The number of rotatable bonds is 4. The van der Waals surface area contributed by atoms with Crippen molar-refractivity contribution < 1.29 is 4.74 Å². The number of nitrogens with zero attached hydrogens (tertiary/aromatic N) is 5. The van der Waals surface area contributed by atoms with Crippen molar-refractivity contribution in [2.45, 2.75) is 6.04 Å². The number of hydrogen-bond acceptors (Lipinski definition) is 4. The van der Waals surface area contributed by atoms with Crippen LogP contribution < -0.4 is 5.73 Å². The predicted molar refractivity (Wildman–Crippen MR) is 93.9 cm³/mol. The number of aliphatic imine (C=N–C) groups is 1. The number of halogens is 1. The summed E-state index contributed by atoms with van der Waals surface area (Å²) in [7, 11) is 6.00. The number of morpholine rings is 1. The topological polar surface area (TPSA) is 71.9 Å². The van der Waals surface area contributed by atoms with Gasteiger partial charge in [-0.1, -0.05) is 0 Å². The normalized spacial score (nSPS) is 17.7. The van der Waals surface area contributed by atoms with Gasteiger partial charge in [-0.05, 0) is 14.1 Å². The van der Waals surface area contributed by atoms with Crippen molar-refractivity contribution in [3.63, 3.8) is 0 Å². The van der Waals surface area contributed by atoms with Crippen molar-refractivity contribution in [1.82, 2.24) is 19.6 Å². The van der Waals surface area contributed by atoms with Gasteiger partial charge in [0.05, 0.1) is 32.0 Å². The summed E-state index contributed by atoms with van der Waals surface area (Å²) in [6, 6.07) is 0.184. The maximum Gasteiger partial charge on any atom is 0.191 e. The van der Waals surface area contributed by atoms with Gasteiger partial charge in [-0.2, -0.15) is 5.10 Å². The summed E-state index contributed by atoms with van der Waals surface area (Å²) in [6.45, 7) is 3.69. The second-order valence-electron chi connectivity index (χ2n) is 5.23. The molecule has 1 atom stereocenters. The van der Waals surface area contributed by atoms with Gasteiger partial charge >= 0.3 is 0 Å². The molecule has 2 rings (SSSR count). The van der Waals surface area contributed by atoms with Gasteiger partial charge in [-0.25, -0.2) is 0 Å². The molecule has 0 radical (unpaired) electrons. The Morgan fingerprint density at radius 1 is 1.48 bits per heavy atom. The van der Waals surface area contributed by atoms with Crippen molar-refractivity contribution in [3.05, 3.63) is 18.0 Å². The van der Waals surface area contributed by atoms with Gasteiger partial charge in [0.25, 0.3) is 0 Å². The number of aryl methyl sites for hydroxylation is 1. The summed E-state index contributed by atoms with van der Waals surface area (Å²) in [5.41, 5.74) is 7.21. The highest BCUT2D eigenvalue weighted by Crippen LogP contribution is 2.17. The third-order valence-electron chi connectivity index (χ3n) is 3.49. The van der Waals surface area contributed by atoms with Crippen LogP contribution in [-0.4, -0.2) is 72.5 Å². The molecule has 1 aliphatic heterocycles. The predicted octanol–water partition coefficient (Wildman–Crippen LogP) is 0.288. The van der Waals surface area contributed by atoms with Crippen LogP contribution in [0.15, 0.2) is 17.4 Å². The average Bonchev–Trinajstić information content (AvgIpc) is 2.86. The summed E-state index contributed by atoms with van der Waals surface area (Å²) in [5.74, 6) is 0.601. The van der Waals surface area contributed by atoms with Crippen molar-refractivity contribution in [2.24, 2.45) is 17.8 Å². The molecule has 120 valence electrons. The van der Waals surface area contributed by atoms with Gasteiger partial charge in [0, 0.05) is 31.9 Å². The number of guanidine groups is 1. The van der Waals surface area contributed by atoms with Crippen LogP contribution in [0.4, 0.5) is 0 Å². The molecule has 21 heavy (non-hydrogen) atoms. The van der Waals surface area contributed by atoms with Crippen LogP contribution in [0.2, 0.25) is 0 Å². The first-order valence-corrected chi connectivity index (χ1v) is 6.85. The summed E-state index contributed by atoms with van der Waals surface area (Å²) in [5, 5.41) is 4.22. The van der Waals surface area contributed by atoms with E-state index >= 15 is 0 Å². The Bertz CT molecular complexity index is 455. The molecule has 1 aromatic rings. The first-order chi connectivity index (χ1) is 9.58. The van der Waals surface area contributed by atoms with Crippen molar-refractivity contribution in [3.8, 4) is 0 Å². The third-order valence-corrected chi connectivity index (χ3v) is 3.49. The van der Waals surface area contributed by atoms with E-state index in [1.807, 2.05) is 33.5 Å². The van der Waals surface area contributed by atoms with Crippen LogP contribution >= 0.6 is 24.0 Å². The van der Waals surface area contributed by atoms with E-state index in [4.69, 9.17) is 10.5 Å². The molecule has 1 fully saturated rings. The summed E-state index contributed by atoms with van der Waals surface area (Å²) in [6.07, 6.45) is 3.90. The van der Waals surface area contributed by atoms with Crippen LogP contribution in [0.1, 0.15) is 11.6 Å². The molecule has 0 bridgehead atoms. The lowest BCUT2D eigenvalue weighted by atomic mass is 10.1. The van der Waals surface area contributed by atoms with Crippen LogP contribution in [0.3, 0.4) is 0 Å². The summed E-state index contributed by atoms with van der Waals surface area (Å²) < 4.78 is 7.12. The van der Waals surface area contributed by atoms with Crippen LogP contribution in [0, 0.1) is 0 Å². The lowest BCUT2D eigenvalue weighted by Crippen LogP contribution is -2.45. The maximum absolute atomic E-state index is 6.06. The third kappa shape index (κ3) is 5.11. The van der Waals surface area contributed by atoms with Gasteiger partial charge in [0.1, 0.15) is 0 Å². The maximum atomic E-state index is 6.06. The molecule has 1 aliphatic rings. The zero-order chi connectivity index (χ0) is 14.5. The fourth-order valence-electron chi connectivity index (χ4n) is 2.25. The van der Waals surface area contributed by atoms with E-state index in [1.165, 1.54) is 0 Å². The summed E-state index contributed by atoms with van der Waals surface area (Å²) in [4.78, 5) is 8.74.